The van der Waals surface area contributed by atoms with Crippen molar-refractivity contribution in [3.05, 3.63) is 0 Å². The van der Waals surface area contributed by atoms with E-state index in [2.05, 4.69) is 4.90 Å². The van der Waals surface area contributed by atoms with Gasteiger partial charge in [-0.15, -0.1) is 0 Å². The minimum atomic E-state index is -0.407. The first-order chi connectivity index (χ1) is 8.90. The van der Waals surface area contributed by atoms with Crippen molar-refractivity contribution in [1.82, 2.24) is 4.90 Å². The predicted octanol–water partition coefficient (Wildman–Crippen LogP) is 1.56. The summed E-state index contributed by atoms with van der Waals surface area (Å²) in [6, 6.07) is 0. The number of ether oxygens (including phenoxy) is 3. The van der Waals surface area contributed by atoms with Gasteiger partial charge in [-0.25, -0.2) is 0 Å². The Morgan fingerprint density at radius 3 is 2.05 bits per heavy atom. The van der Waals surface area contributed by atoms with Gasteiger partial charge in [0.2, 0.25) is 0 Å². The molecule has 0 atom stereocenters. The molecule has 5 nitrogen and oxygen atoms in total. The van der Waals surface area contributed by atoms with Crippen LogP contribution in [-0.2, 0) is 19.0 Å². The van der Waals surface area contributed by atoms with E-state index in [0.717, 1.165) is 13.0 Å². The first kappa shape index (κ1) is 18.4. The van der Waals surface area contributed by atoms with Crippen LogP contribution in [0.2, 0.25) is 0 Å². The highest BCUT2D eigenvalue weighted by molar-refractivity contribution is 5.75. The summed E-state index contributed by atoms with van der Waals surface area (Å²) in [7, 11) is 4.01. The van der Waals surface area contributed by atoms with E-state index < -0.39 is 5.41 Å². The minimum Gasteiger partial charge on any atom is -0.463 e. The lowest BCUT2D eigenvalue weighted by Crippen LogP contribution is -2.27. The summed E-state index contributed by atoms with van der Waals surface area (Å²) in [6.45, 7) is 9.18. The molecular weight excluding hydrogens is 246 g/mol. The lowest BCUT2D eigenvalue weighted by molar-refractivity contribution is -0.155. The summed E-state index contributed by atoms with van der Waals surface area (Å²) in [4.78, 5) is 13.7. The molecule has 0 aliphatic heterocycles. The van der Waals surface area contributed by atoms with E-state index in [4.69, 9.17) is 14.2 Å². The van der Waals surface area contributed by atoms with Gasteiger partial charge in [0.25, 0.3) is 0 Å². The zero-order valence-corrected chi connectivity index (χ0v) is 13.0. The van der Waals surface area contributed by atoms with E-state index in [1.54, 1.807) is 0 Å². The van der Waals surface area contributed by atoms with Crippen LogP contribution in [0.5, 0.6) is 0 Å². The van der Waals surface area contributed by atoms with Crippen LogP contribution in [0.3, 0.4) is 0 Å². The molecule has 0 aromatic heterocycles. The zero-order valence-electron chi connectivity index (χ0n) is 13.0. The van der Waals surface area contributed by atoms with Crippen LogP contribution in [0, 0.1) is 5.41 Å². The first-order valence-electron chi connectivity index (χ1n) is 6.87. The van der Waals surface area contributed by atoms with Crippen LogP contribution < -0.4 is 0 Å². The van der Waals surface area contributed by atoms with Crippen LogP contribution >= 0.6 is 0 Å². The Labute approximate surface area is 117 Å². The molecule has 0 rings (SSSR count). The van der Waals surface area contributed by atoms with Crippen LogP contribution in [-0.4, -0.2) is 64.5 Å². The normalized spacial score (nSPS) is 11.9. The molecule has 0 aromatic rings. The number of hydrogen-bond donors (Lipinski definition) is 0. The molecule has 0 saturated carbocycles. The summed E-state index contributed by atoms with van der Waals surface area (Å²) >= 11 is 0. The standard InChI is InChI=1S/C14H29NO4/c1-6-14(2,3)13(16)19-12-11-18-10-9-17-8-7-15(4)5/h6-12H2,1-5H3. The van der Waals surface area contributed by atoms with E-state index in [0.29, 0.717) is 33.0 Å². The molecule has 0 spiro atoms. The number of carbonyl (C=O) groups excluding carboxylic acids is 1. The Morgan fingerprint density at radius 2 is 1.53 bits per heavy atom. The van der Waals surface area contributed by atoms with Crippen molar-refractivity contribution < 1.29 is 19.0 Å². The molecule has 5 heteroatoms. The van der Waals surface area contributed by atoms with E-state index in [1.165, 1.54) is 0 Å². The molecule has 0 fully saturated rings. The lowest BCUT2D eigenvalue weighted by Gasteiger charge is -2.20. The van der Waals surface area contributed by atoms with Crippen molar-refractivity contribution in [2.75, 3.05) is 53.7 Å². The average Bonchev–Trinajstić information content (AvgIpc) is 2.36. The maximum absolute atomic E-state index is 11.6. The summed E-state index contributed by atoms with van der Waals surface area (Å²) in [6.07, 6.45) is 0.770. The minimum absolute atomic E-state index is 0.166. The fourth-order valence-electron chi connectivity index (χ4n) is 1.10. The third kappa shape index (κ3) is 9.87. The second kappa shape index (κ2) is 10.2. The van der Waals surface area contributed by atoms with Crippen LogP contribution in [0.1, 0.15) is 27.2 Å². The predicted molar refractivity (Wildman–Crippen MR) is 75.2 cm³/mol. The van der Waals surface area contributed by atoms with E-state index in [9.17, 15) is 4.79 Å². The van der Waals surface area contributed by atoms with Gasteiger partial charge in [0, 0.05) is 6.54 Å². The molecule has 0 heterocycles. The molecule has 0 N–H and O–H groups in total. The number of hydrogen-bond acceptors (Lipinski definition) is 5. The number of nitrogens with zero attached hydrogens (tertiary/aromatic N) is 1. The average molecular weight is 275 g/mol. The Balaban J connectivity index is 3.34. The first-order valence-corrected chi connectivity index (χ1v) is 6.87. The summed E-state index contributed by atoms with van der Waals surface area (Å²) in [5, 5.41) is 0. The van der Waals surface area contributed by atoms with Crippen molar-refractivity contribution in [3.63, 3.8) is 0 Å². The highest BCUT2D eigenvalue weighted by Crippen LogP contribution is 2.21. The molecule has 114 valence electrons. The summed E-state index contributed by atoms with van der Waals surface area (Å²) in [5.74, 6) is -0.166. The van der Waals surface area contributed by atoms with Gasteiger partial charge in [0.05, 0.1) is 31.8 Å². The monoisotopic (exact) mass is 275 g/mol. The third-order valence-corrected chi connectivity index (χ3v) is 2.95. The van der Waals surface area contributed by atoms with Crippen LogP contribution in [0.4, 0.5) is 0 Å². The molecule has 0 saturated heterocycles. The van der Waals surface area contributed by atoms with Crippen molar-refractivity contribution >= 4 is 5.97 Å². The van der Waals surface area contributed by atoms with Crippen molar-refractivity contribution in [2.24, 2.45) is 5.41 Å². The molecule has 0 radical (unpaired) electrons. The van der Waals surface area contributed by atoms with Crippen LogP contribution in [0.25, 0.3) is 0 Å². The smallest absolute Gasteiger partial charge is 0.311 e. The quantitative estimate of drug-likeness (QED) is 0.423. The zero-order chi connectivity index (χ0) is 14.7. The number of likely N-dealkylation sites (N-methyl/N-ethyl adjacent to an activating group) is 1. The molecule has 0 aliphatic rings. The highest BCUT2D eigenvalue weighted by atomic mass is 16.6. The number of rotatable bonds is 11. The fraction of sp³-hybridized carbons (Fsp3) is 0.929. The molecule has 0 amide bonds. The second-order valence-corrected chi connectivity index (χ2v) is 5.40. The number of esters is 1. The number of carbonyl (C=O) groups is 1. The van der Waals surface area contributed by atoms with Gasteiger partial charge >= 0.3 is 5.97 Å². The molecule has 0 unspecified atom stereocenters. The van der Waals surface area contributed by atoms with Gasteiger partial charge in [-0.3, -0.25) is 4.79 Å². The molecule has 0 aliphatic carbocycles. The Bertz CT molecular complexity index is 242. The van der Waals surface area contributed by atoms with E-state index >= 15 is 0 Å². The Kier molecular flexibility index (Phi) is 9.83. The van der Waals surface area contributed by atoms with Crippen LogP contribution in [0.15, 0.2) is 0 Å². The van der Waals surface area contributed by atoms with Crippen molar-refractivity contribution in [2.45, 2.75) is 27.2 Å². The van der Waals surface area contributed by atoms with Gasteiger partial charge in [-0.05, 0) is 34.4 Å². The molecule has 0 bridgehead atoms. The summed E-state index contributed by atoms with van der Waals surface area (Å²) < 4.78 is 15.8. The second-order valence-electron chi connectivity index (χ2n) is 5.40. The van der Waals surface area contributed by atoms with Gasteiger partial charge in [0.15, 0.2) is 0 Å². The van der Waals surface area contributed by atoms with Gasteiger partial charge in [0.1, 0.15) is 6.61 Å². The van der Waals surface area contributed by atoms with Gasteiger partial charge < -0.3 is 19.1 Å². The fourth-order valence-corrected chi connectivity index (χ4v) is 1.10. The molecular formula is C14H29NO4. The third-order valence-electron chi connectivity index (χ3n) is 2.95. The highest BCUT2D eigenvalue weighted by Gasteiger charge is 2.26. The van der Waals surface area contributed by atoms with E-state index in [1.807, 2.05) is 34.9 Å². The van der Waals surface area contributed by atoms with Crippen molar-refractivity contribution in [3.8, 4) is 0 Å². The Morgan fingerprint density at radius 1 is 1.00 bits per heavy atom. The topological polar surface area (TPSA) is 48.0 Å². The van der Waals surface area contributed by atoms with E-state index in [-0.39, 0.29) is 5.97 Å². The maximum Gasteiger partial charge on any atom is 0.311 e. The van der Waals surface area contributed by atoms with Gasteiger partial charge in [-0.2, -0.15) is 0 Å². The summed E-state index contributed by atoms with van der Waals surface area (Å²) in [5.41, 5.74) is -0.407. The molecule has 0 aromatic carbocycles. The lowest BCUT2D eigenvalue weighted by atomic mass is 9.91. The largest absolute Gasteiger partial charge is 0.463 e. The molecule has 19 heavy (non-hydrogen) atoms. The Hall–Kier alpha value is -0.650. The van der Waals surface area contributed by atoms with Crippen molar-refractivity contribution in [1.29, 1.82) is 0 Å². The van der Waals surface area contributed by atoms with Gasteiger partial charge in [-0.1, -0.05) is 6.92 Å². The SMILES string of the molecule is CCC(C)(C)C(=O)OCCOCCOCCN(C)C. The maximum atomic E-state index is 11.6.